The van der Waals surface area contributed by atoms with Gasteiger partial charge in [0.15, 0.2) is 5.11 Å². The van der Waals surface area contributed by atoms with Crippen molar-refractivity contribution in [3.8, 4) is 0 Å². The summed E-state index contributed by atoms with van der Waals surface area (Å²) in [6.45, 7) is 8.23. The summed E-state index contributed by atoms with van der Waals surface area (Å²) in [5.41, 5.74) is 3.57. The lowest BCUT2D eigenvalue weighted by molar-refractivity contribution is 0.132. The lowest BCUT2D eigenvalue weighted by Crippen LogP contribution is -2.40. The van der Waals surface area contributed by atoms with Crippen LogP contribution in [0.25, 0.3) is 21.8 Å². The summed E-state index contributed by atoms with van der Waals surface area (Å²) in [4.78, 5) is 11.6. The molecule has 2 fully saturated rings. The van der Waals surface area contributed by atoms with E-state index in [4.69, 9.17) is 12.2 Å². The molecule has 1 aliphatic carbocycles. The zero-order chi connectivity index (χ0) is 19.5. The van der Waals surface area contributed by atoms with Crippen LogP contribution < -0.4 is 5.32 Å². The maximum atomic E-state index is 5.90. The fraction of sp³-hybridized carbons (Fsp3) is 0.435. The lowest BCUT2D eigenvalue weighted by Gasteiger charge is -2.39. The molecule has 2 bridgehead atoms. The van der Waals surface area contributed by atoms with Crippen LogP contribution in [0.2, 0.25) is 0 Å². The third-order valence-corrected chi connectivity index (χ3v) is 6.73. The van der Waals surface area contributed by atoms with Crippen molar-refractivity contribution in [2.75, 3.05) is 11.9 Å². The molecule has 5 rings (SSSR count). The second-order valence-corrected chi connectivity index (χ2v) is 10.1. The van der Waals surface area contributed by atoms with Gasteiger partial charge < -0.3 is 10.2 Å². The van der Waals surface area contributed by atoms with Crippen molar-refractivity contribution in [2.45, 2.75) is 46.1 Å². The normalized spacial score (nSPS) is 26.0. The minimum absolute atomic E-state index is 0.351. The van der Waals surface area contributed by atoms with E-state index in [0.717, 1.165) is 39.2 Å². The molecule has 1 aliphatic heterocycles. The fourth-order valence-corrected chi connectivity index (χ4v) is 6.11. The van der Waals surface area contributed by atoms with Gasteiger partial charge in [0.1, 0.15) is 0 Å². The smallest absolute Gasteiger partial charge is 0.173 e. The van der Waals surface area contributed by atoms with Crippen LogP contribution in [0.1, 0.15) is 40.0 Å². The molecule has 3 aromatic rings. The Morgan fingerprint density at radius 1 is 1.11 bits per heavy atom. The predicted octanol–water partition coefficient (Wildman–Crippen LogP) is 5.38. The van der Waals surface area contributed by atoms with E-state index in [1.54, 1.807) is 0 Å². The Hall–Kier alpha value is -2.27. The molecule has 2 aromatic heterocycles. The van der Waals surface area contributed by atoms with Gasteiger partial charge in [-0.05, 0) is 60.5 Å². The maximum Gasteiger partial charge on any atom is 0.173 e. The van der Waals surface area contributed by atoms with E-state index in [0.29, 0.717) is 16.9 Å². The SMILES string of the molecule is CC1(C)C[C@H]2C[C@@](C)(CN2C(=S)Nc2cc3ncccc3c3cccnc23)C1. The first-order valence-corrected chi connectivity index (χ1v) is 10.4. The molecule has 5 heteroatoms. The highest BCUT2D eigenvalue weighted by molar-refractivity contribution is 7.80. The van der Waals surface area contributed by atoms with Crippen molar-refractivity contribution in [3.05, 3.63) is 42.7 Å². The van der Waals surface area contributed by atoms with Gasteiger partial charge in [-0.25, -0.2) is 0 Å². The highest BCUT2D eigenvalue weighted by Gasteiger charge is 2.50. The number of anilines is 1. The topological polar surface area (TPSA) is 41.0 Å². The molecule has 3 heterocycles. The van der Waals surface area contributed by atoms with Crippen LogP contribution in [0.3, 0.4) is 0 Å². The number of nitrogens with zero attached hydrogens (tertiary/aromatic N) is 3. The molecule has 144 valence electrons. The molecule has 0 radical (unpaired) electrons. The monoisotopic (exact) mass is 390 g/mol. The minimum atomic E-state index is 0.351. The third kappa shape index (κ3) is 2.93. The van der Waals surface area contributed by atoms with E-state index in [-0.39, 0.29) is 0 Å². The molecule has 0 amide bonds. The molecule has 1 aromatic carbocycles. The van der Waals surface area contributed by atoms with Crippen LogP contribution in [-0.4, -0.2) is 32.6 Å². The molecule has 1 N–H and O–H groups in total. The Labute approximate surface area is 171 Å². The number of benzene rings is 1. The van der Waals surface area contributed by atoms with Crippen LogP contribution in [0.4, 0.5) is 5.69 Å². The van der Waals surface area contributed by atoms with Gasteiger partial charge in [-0.3, -0.25) is 9.97 Å². The summed E-state index contributed by atoms with van der Waals surface area (Å²) in [7, 11) is 0. The Bertz CT molecular complexity index is 1090. The molecular weight excluding hydrogens is 364 g/mol. The van der Waals surface area contributed by atoms with Gasteiger partial charge >= 0.3 is 0 Å². The van der Waals surface area contributed by atoms with Crippen LogP contribution in [-0.2, 0) is 0 Å². The Morgan fingerprint density at radius 2 is 1.86 bits per heavy atom. The van der Waals surface area contributed by atoms with E-state index >= 15 is 0 Å². The van der Waals surface area contributed by atoms with Crippen molar-refractivity contribution in [1.82, 2.24) is 14.9 Å². The predicted molar refractivity (Wildman–Crippen MR) is 119 cm³/mol. The van der Waals surface area contributed by atoms with Crippen molar-refractivity contribution in [2.24, 2.45) is 10.8 Å². The first-order valence-electron chi connectivity index (χ1n) is 10.0. The van der Waals surface area contributed by atoms with Gasteiger partial charge in [-0.2, -0.15) is 0 Å². The number of pyridine rings is 2. The van der Waals surface area contributed by atoms with E-state index in [1.807, 2.05) is 24.5 Å². The zero-order valence-corrected chi connectivity index (χ0v) is 17.5. The van der Waals surface area contributed by atoms with Gasteiger partial charge in [-0.15, -0.1) is 0 Å². The number of rotatable bonds is 1. The molecule has 2 atom stereocenters. The zero-order valence-electron chi connectivity index (χ0n) is 16.7. The number of hydrogen-bond donors (Lipinski definition) is 1. The molecule has 1 saturated heterocycles. The molecule has 4 nitrogen and oxygen atoms in total. The largest absolute Gasteiger partial charge is 0.345 e. The number of fused-ring (bicyclic) bond motifs is 5. The summed E-state index contributed by atoms with van der Waals surface area (Å²) in [5.74, 6) is 0. The standard InChI is InChI=1S/C23H26N4S/c1-22(2)11-15-12-23(3,13-22)14-27(15)21(28)26-19-10-18-16(6-4-8-24-18)17-7-5-9-25-20(17)19/h4-10,15H,11-14H2,1-3H3,(H,26,28)/t15-,23+/m0/s1. The van der Waals surface area contributed by atoms with Gasteiger partial charge in [0.05, 0.1) is 16.7 Å². The second-order valence-electron chi connectivity index (χ2n) is 9.67. The summed E-state index contributed by atoms with van der Waals surface area (Å²) in [5, 5.41) is 6.57. The van der Waals surface area contributed by atoms with Crippen molar-refractivity contribution < 1.29 is 0 Å². The third-order valence-electron chi connectivity index (χ3n) is 6.39. The van der Waals surface area contributed by atoms with Crippen LogP contribution in [0, 0.1) is 10.8 Å². The number of hydrogen-bond acceptors (Lipinski definition) is 3. The number of aromatic nitrogens is 2. The van der Waals surface area contributed by atoms with E-state index < -0.39 is 0 Å². The van der Waals surface area contributed by atoms with E-state index in [2.05, 4.69) is 59.2 Å². The van der Waals surface area contributed by atoms with Gasteiger partial charge in [0.2, 0.25) is 0 Å². The fourth-order valence-electron chi connectivity index (χ4n) is 5.78. The average Bonchev–Trinajstić information content (AvgIpc) is 2.91. The summed E-state index contributed by atoms with van der Waals surface area (Å²) in [6.07, 6.45) is 7.36. The second kappa shape index (κ2) is 6.11. The number of thiocarbonyl (C=S) groups is 1. The van der Waals surface area contributed by atoms with Crippen molar-refractivity contribution >= 4 is 44.8 Å². The van der Waals surface area contributed by atoms with Crippen molar-refractivity contribution in [1.29, 1.82) is 0 Å². The summed E-state index contributed by atoms with van der Waals surface area (Å²) >= 11 is 5.90. The number of nitrogens with one attached hydrogen (secondary N) is 1. The summed E-state index contributed by atoms with van der Waals surface area (Å²) < 4.78 is 0. The molecule has 0 spiro atoms. The van der Waals surface area contributed by atoms with Crippen molar-refractivity contribution in [3.63, 3.8) is 0 Å². The molecule has 1 saturated carbocycles. The Morgan fingerprint density at radius 3 is 2.68 bits per heavy atom. The highest BCUT2D eigenvalue weighted by atomic mass is 32.1. The Balaban J connectivity index is 1.51. The lowest BCUT2D eigenvalue weighted by atomic mass is 9.65. The van der Waals surface area contributed by atoms with Crippen LogP contribution >= 0.6 is 12.2 Å². The van der Waals surface area contributed by atoms with Gasteiger partial charge in [0.25, 0.3) is 0 Å². The number of likely N-dealkylation sites (tertiary alicyclic amines) is 1. The first kappa shape index (κ1) is 17.8. The van der Waals surface area contributed by atoms with Gasteiger partial charge in [0, 0.05) is 35.8 Å². The average molecular weight is 391 g/mol. The van der Waals surface area contributed by atoms with Crippen LogP contribution in [0.15, 0.2) is 42.7 Å². The minimum Gasteiger partial charge on any atom is -0.345 e. The maximum absolute atomic E-state index is 5.90. The van der Waals surface area contributed by atoms with Gasteiger partial charge in [-0.1, -0.05) is 32.9 Å². The van der Waals surface area contributed by atoms with E-state index in [1.165, 1.54) is 19.3 Å². The molecular formula is C23H26N4S. The quantitative estimate of drug-likeness (QED) is 0.446. The Kier molecular flexibility index (Phi) is 3.89. The first-order chi connectivity index (χ1) is 13.3. The molecule has 0 unspecified atom stereocenters. The summed E-state index contributed by atoms with van der Waals surface area (Å²) in [6, 6.07) is 10.7. The van der Waals surface area contributed by atoms with Crippen LogP contribution in [0.5, 0.6) is 0 Å². The molecule has 2 aliphatic rings. The van der Waals surface area contributed by atoms with E-state index in [9.17, 15) is 0 Å². The molecule has 28 heavy (non-hydrogen) atoms. The highest BCUT2D eigenvalue weighted by Crippen LogP contribution is 2.52.